The van der Waals surface area contributed by atoms with Gasteiger partial charge in [-0.05, 0) is 43.7 Å². The molecule has 4 heteroatoms. The first kappa shape index (κ1) is 14.3. The monoisotopic (exact) mass is 284 g/mol. The van der Waals surface area contributed by atoms with Crippen LogP contribution >= 0.6 is 0 Å². The minimum absolute atomic E-state index is 0.689. The molecule has 2 atom stereocenters. The summed E-state index contributed by atoms with van der Waals surface area (Å²) in [6.45, 7) is 6.66. The molecule has 0 bridgehead atoms. The molecule has 3 rings (SSSR count). The Morgan fingerprint density at radius 3 is 3.10 bits per heavy atom. The first-order valence-electron chi connectivity index (χ1n) is 7.91. The normalized spacial score (nSPS) is 22.5. The number of nitrogens with zero attached hydrogens (tertiary/aromatic N) is 3. The van der Waals surface area contributed by atoms with E-state index in [1.165, 1.54) is 12.8 Å². The van der Waals surface area contributed by atoms with Crippen LogP contribution in [0.4, 0.5) is 0 Å². The molecule has 112 valence electrons. The van der Waals surface area contributed by atoms with Crippen molar-refractivity contribution in [2.75, 3.05) is 13.1 Å². The Morgan fingerprint density at radius 1 is 1.33 bits per heavy atom. The van der Waals surface area contributed by atoms with Gasteiger partial charge in [0.15, 0.2) is 5.65 Å². The second-order valence-electron chi connectivity index (χ2n) is 6.11. The summed E-state index contributed by atoms with van der Waals surface area (Å²) in [7, 11) is 0. The highest BCUT2D eigenvalue weighted by Crippen LogP contribution is 2.29. The molecule has 0 radical (unpaired) electrons. The van der Waals surface area contributed by atoms with Gasteiger partial charge in [0.05, 0.1) is 0 Å². The van der Waals surface area contributed by atoms with Gasteiger partial charge in [0.1, 0.15) is 5.82 Å². The predicted molar refractivity (Wildman–Crippen MR) is 85.2 cm³/mol. The smallest absolute Gasteiger partial charge is 0.160 e. The van der Waals surface area contributed by atoms with Crippen molar-refractivity contribution in [2.45, 2.75) is 33.1 Å². The van der Waals surface area contributed by atoms with E-state index in [2.05, 4.69) is 39.8 Å². The molecular weight excluding hydrogens is 260 g/mol. The molecule has 4 nitrogen and oxygen atoms in total. The van der Waals surface area contributed by atoms with Crippen molar-refractivity contribution >= 4 is 5.65 Å². The Hall–Kier alpha value is -1.68. The van der Waals surface area contributed by atoms with Crippen molar-refractivity contribution in [3.63, 3.8) is 0 Å². The van der Waals surface area contributed by atoms with Crippen LogP contribution in [0.15, 0.2) is 36.0 Å². The Labute approximate surface area is 126 Å². The Balaban J connectivity index is 1.52. The molecular formula is C17H24N4. The van der Waals surface area contributed by atoms with E-state index >= 15 is 0 Å². The lowest BCUT2D eigenvalue weighted by molar-refractivity contribution is 0.351. The largest absolute Gasteiger partial charge is 0.316 e. The van der Waals surface area contributed by atoms with Gasteiger partial charge in [0.2, 0.25) is 0 Å². The average molecular weight is 284 g/mol. The molecule has 0 fully saturated rings. The minimum atomic E-state index is 0.689. The summed E-state index contributed by atoms with van der Waals surface area (Å²) in [6.07, 6.45) is 7.90. The molecule has 0 aromatic carbocycles. The molecule has 1 N–H and O–H groups in total. The van der Waals surface area contributed by atoms with Gasteiger partial charge in [-0.2, -0.15) is 0 Å². The number of allylic oxidation sites excluding steroid dienone is 1. The summed E-state index contributed by atoms with van der Waals surface area (Å²) in [5.74, 6) is 2.51. The fraction of sp³-hybridized carbons (Fsp3) is 0.529. The van der Waals surface area contributed by atoms with Crippen LogP contribution in [0.1, 0.15) is 32.5 Å². The summed E-state index contributed by atoms with van der Waals surface area (Å²) in [5.41, 5.74) is 2.47. The first-order valence-corrected chi connectivity index (χ1v) is 7.91. The molecule has 1 aliphatic carbocycles. The number of hydrogen-bond donors (Lipinski definition) is 1. The molecule has 0 saturated carbocycles. The number of aromatic nitrogens is 3. The summed E-state index contributed by atoms with van der Waals surface area (Å²) in [5, 5.41) is 12.1. The van der Waals surface area contributed by atoms with E-state index in [4.69, 9.17) is 0 Å². The summed E-state index contributed by atoms with van der Waals surface area (Å²) < 4.78 is 2.07. The third-order valence-corrected chi connectivity index (χ3v) is 4.63. The number of nitrogens with one attached hydrogen (secondary N) is 1. The lowest BCUT2D eigenvalue weighted by Crippen LogP contribution is -2.31. The Morgan fingerprint density at radius 2 is 2.24 bits per heavy atom. The lowest BCUT2D eigenvalue weighted by Gasteiger charge is -2.29. The quantitative estimate of drug-likeness (QED) is 0.678. The summed E-state index contributed by atoms with van der Waals surface area (Å²) in [4.78, 5) is 0. The van der Waals surface area contributed by atoms with Crippen LogP contribution in [-0.2, 0) is 6.42 Å². The fourth-order valence-corrected chi connectivity index (χ4v) is 3.26. The standard InChI is InChI=1S/C17H24N4/c1-13-6-5-7-14(2)15(13)12-18-10-9-17-20-19-16-8-3-4-11-21(16)17/h3-4,6,8,11,14-15,18H,5,7,9-10,12H2,1-2H3/t14-,15-/m0/s1. The van der Waals surface area contributed by atoms with Crippen molar-refractivity contribution in [3.8, 4) is 0 Å². The van der Waals surface area contributed by atoms with Gasteiger partial charge >= 0.3 is 0 Å². The number of pyridine rings is 1. The van der Waals surface area contributed by atoms with E-state index < -0.39 is 0 Å². The molecule has 21 heavy (non-hydrogen) atoms. The zero-order valence-corrected chi connectivity index (χ0v) is 12.9. The van der Waals surface area contributed by atoms with Gasteiger partial charge in [0.25, 0.3) is 0 Å². The van der Waals surface area contributed by atoms with E-state index in [0.717, 1.165) is 36.9 Å². The van der Waals surface area contributed by atoms with Gasteiger partial charge in [-0.3, -0.25) is 4.40 Å². The van der Waals surface area contributed by atoms with E-state index in [1.807, 2.05) is 24.4 Å². The van der Waals surface area contributed by atoms with Crippen LogP contribution in [0.25, 0.3) is 5.65 Å². The van der Waals surface area contributed by atoms with Crippen LogP contribution < -0.4 is 5.32 Å². The van der Waals surface area contributed by atoms with E-state index in [9.17, 15) is 0 Å². The summed E-state index contributed by atoms with van der Waals surface area (Å²) in [6, 6.07) is 6.00. The van der Waals surface area contributed by atoms with Crippen molar-refractivity contribution in [2.24, 2.45) is 11.8 Å². The molecule has 0 saturated heterocycles. The SMILES string of the molecule is CC1=CCC[C@H](C)[C@H]1CNCCc1nnc2ccccn12. The molecule has 0 aliphatic heterocycles. The van der Waals surface area contributed by atoms with Crippen molar-refractivity contribution in [3.05, 3.63) is 41.9 Å². The van der Waals surface area contributed by atoms with Crippen molar-refractivity contribution in [1.29, 1.82) is 0 Å². The topological polar surface area (TPSA) is 42.2 Å². The van der Waals surface area contributed by atoms with Gasteiger partial charge in [-0.25, -0.2) is 0 Å². The maximum absolute atomic E-state index is 4.27. The summed E-state index contributed by atoms with van der Waals surface area (Å²) >= 11 is 0. The Bertz CT molecular complexity index is 629. The molecule has 2 heterocycles. The van der Waals surface area contributed by atoms with Gasteiger partial charge in [-0.15, -0.1) is 10.2 Å². The molecule has 0 amide bonds. The van der Waals surface area contributed by atoms with Crippen molar-refractivity contribution < 1.29 is 0 Å². The maximum atomic E-state index is 4.27. The first-order chi connectivity index (χ1) is 10.3. The molecule has 2 aromatic rings. The maximum Gasteiger partial charge on any atom is 0.160 e. The zero-order chi connectivity index (χ0) is 14.7. The van der Waals surface area contributed by atoms with Gasteiger partial charge in [-0.1, -0.05) is 24.6 Å². The number of fused-ring (bicyclic) bond motifs is 1. The van der Waals surface area contributed by atoms with Crippen molar-refractivity contribution in [1.82, 2.24) is 19.9 Å². The zero-order valence-electron chi connectivity index (χ0n) is 12.9. The highest BCUT2D eigenvalue weighted by atomic mass is 15.2. The van der Waals surface area contributed by atoms with E-state index in [1.54, 1.807) is 5.57 Å². The minimum Gasteiger partial charge on any atom is -0.316 e. The van der Waals surface area contributed by atoms with Crippen LogP contribution in [-0.4, -0.2) is 27.7 Å². The Kier molecular flexibility index (Phi) is 4.34. The second-order valence-corrected chi connectivity index (χ2v) is 6.11. The molecule has 0 spiro atoms. The van der Waals surface area contributed by atoms with E-state index in [-0.39, 0.29) is 0 Å². The van der Waals surface area contributed by atoms with Crippen LogP contribution in [0, 0.1) is 11.8 Å². The average Bonchev–Trinajstić information content (AvgIpc) is 2.89. The predicted octanol–water partition coefficient (Wildman–Crippen LogP) is 2.85. The van der Waals surface area contributed by atoms with Crippen LogP contribution in [0.3, 0.4) is 0 Å². The fourth-order valence-electron chi connectivity index (χ4n) is 3.26. The second kappa shape index (κ2) is 6.39. The lowest BCUT2D eigenvalue weighted by atomic mass is 9.80. The third kappa shape index (κ3) is 3.16. The van der Waals surface area contributed by atoms with Gasteiger partial charge in [0, 0.05) is 25.7 Å². The molecule has 1 aliphatic rings. The number of hydrogen-bond acceptors (Lipinski definition) is 3. The third-order valence-electron chi connectivity index (χ3n) is 4.63. The molecule has 2 aromatic heterocycles. The molecule has 0 unspecified atom stereocenters. The number of rotatable bonds is 5. The van der Waals surface area contributed by atoms with Gasteiger partial charge < -0.3 is 5.32 Å². The van der Waals surface area contributed by atoms with Crippen LogP contribution in [0.2, 0.25) is 0 Å². The van der Waals surface area contributed by atoms with E-state index in [0.29, 0.717) is 5.92 Å². The van der Waals surface area contributed by atoms with Crippen LogP contribution in [0.5, 0.6) is 0 Å². The highest BCUT2D eigenvalue weighted by Gasteiger charge is 2.21. The highest BCUT2D eigenvalue weighted by molar-refractivity contribution is 5.36.